The Morgan fingerprint density at radius 2 is 2.05 bits per heavy atom. The summed E-state index contributed by atoms with van der Waals surface area (Å²) in [7, 11) is 3.13. The Morgan fingerprint density at radius 1 is 1.29 bits per heavy atom. The summed E-state index contributed by atoms with van der Waals surface area (Å²) in [4.78, 5) is 12.3. The lowest BCUT2D eigenvalue weighted by atomic mass is 9.98. The number of rotatable bonds is 6. The van der Waals surface area contributed by atoms with Crippen molar-refractivity contribution in [3.8, 4) is 11.5 Å². The zero-order chi connectivity index (χ0) is 15.2. The molecule has 1 N–H and O–H groups in total. The van der Waals surface area contributed by atoms with E-state index in [0.717, 1.165) is 12.8 Å². The SMILES string of the molecule is COc1ccc(C(=O)NCC2CCCC2CCl)c(OC)c1. The van der Waals surface area contributed by atoms with E-state index >= 15 is 0 Å². The van der Waals surface area contributed by atoms with E-state index < -0.39 is 0 Å². The molecule has 1 saturated carbocycles. The Labute approximate surface area is 130 Å². The standard InChI is InChI=1S/C16H22ClNO3/c1-20-13-6-7-14(15(8-13)21-2)16(19)18-10-12-5-3-4-11(12)9-17/h6-8,11-12H,3-5,9-10H2,1-2H3,(H,18,19). The van der Waals surface area contributed by atoms with Crippen molar-refractivity contribution >= 4 is 17.5 Å². The second-order valence-electron chi connectivity index (χ2n) is 5.38. The zero-order valence-corrected chi connectivity index (χ0v) is 13.3. The lowest BCUT2D eigenvalue weighted by Gasteiger charge is -2.18. The number of carbonyl (C=O) groups excluding carboxylic acids is 1. The minimum absolute atomic E-state index is 0.116. The number of benzene rings is 1. The molecule has 0 bridgehead atoms. The molecule has 2 atom stereocenters. The summed E-state index contributed by atoms with van der Waals surface area (Å²) in [6.07, 6.45) is 3.50. The first kappa shape index (κ1) is 16.0. The predicted molar refractivity (Wildman–Crippen MR) is 83.4 cm³/mol. The van der Waals surface area contributed by atoms with Gasteiger partial charge >= 0.3 is 0 Å². The van der Waals surface area contributed by atoms with Gasteiger partial charge in [0.25, 0.3) is 5.91 Å². The number of amides is 1. The van der Waals surface area contributed by atoms with Gasteiger partial charge < -0.3 is 14.8 Å². The topological polar surface area (TPSA) is 47.6 Å². The molecule has 1 aromatic rings. The Bertz CT molecular complexity index is 492. The molecule has 0 spiro atoms. The average molecular weight is 312 g/mol. The minimum Gasteiger partial charge on any atom is -0.497 e. The molecule has 0 radical (unpaired) electrons. The van der Waals surface area contributed by atoms with Crippen molar-refractivity contribution in [2.45, 2.75) is 19.3 Å². The van der Waals surface area contributed by atoms with Gasteiger partial charge in [0.2, 0.25) is 0 Å². The van der Waals surface area contributed by atoms with Crippen LogP contribution in [0.2, 0.25) is 0 Å². The number of carbonyl (C=O) groups is 1. The fourth-order valence-electron chi connectivity index (χ4n) is 2.89. The highest BCUT2D eigenvalue weighted by Gasteiger charge is 2.27. The molecule has 1 aliphatic carbocycles. The van der Waals surface area contributed by atoms with Crippen molar-refractivity contribution in [2.24, 2.45) is 11.8 Å². The predicted octanol–water partition coefficient (Wildman–Crippen LogP) is 3.09. The fourth-order valence-corrected chi connectivity index (χ4v) is 3.30. The Balaban J connectivity index is 2.00. The van der Waals surface area contributed by atoms with E-state index in [-0.39, 0.29) is 5.91 Å². The van der Waals surface area contributed by atoms with Gasteiger partial charge in [0.15, 0.2) is 0 Å². The Hall–Kier alpha value is -1.42. The maximum Gasteiger partial charge on any atom is 0.255 e. The van der Waals surface area contributed by atoms with Gasteiger partial charge in [-0.2, -0.15) is 0 Å². The molecule has 0 heterocycles. The van der Waals surface area contributed by atoms with Crippen LogP contribution in [0.4, 0.5) is 0 Å². The highest BCUT2D eigenvalue weighted by molar-refractivity contribution is 6.18. The van der Waals surface area contributed by atoms with Crippen LogP contribution in [0, 0.1) is 11.8 Å². The van der Waals surface area contributed by atoms with Gasteiger partial charge in [-0.05, 0) is 36.8 Å². The lowest BCUT2D eigenvalue weighted by Crippen LogP contribution is -2.31. The van der Waals surface area contributed by atoms with Gasteiger partial charge in [0.1, 0.15) is 11.5 Å². The van der Waals surface area contributed by atoms with Crippen molar-refractivity contribution in [3.63, 3.8) is 0 Å². The second kappa shape index (κ2) is 7.55. The molecule has 1 fully saturated rings. The van der Waals surface area contributed by atoms with E-state index in [1.165, 1.54) is 6.42 Å². The van der Waals surface area contributed by atoms with E-state index in [9.17, 15) is 4.79 Å². The van der Waals surface area contributed by atoms with Crippen LogP contribution in [0.5, 0.6) is 11.5 Å². The van der Waals surface area contributed by atoms with Crippen LogP contribution in [0.3, 0.4) is 0 Å². The first-order chi connectivity index (χ1) is 10.2. The van der Waals surface area contributed by atoms with Crippen molar-refractivity contribution in [2.75, 3.05) is 26.6 Å². The molecule has 21 heavy (non-hydrogen) atoms. The van der Waals surface area contributed by atoms with Crippen LogP contribution in [0.1, 0.15) is 29.6 Å². The quantitative estimate of drug-likeness (QED) is 0.821. The molecular weight excluding hydrogens is 290 g/mol. The van der Waals surface area contributed by atoms with Crippen molar-refractivity contribution in [1.82, 2.24) is 5.32 Å². The number of hydrogen-bond acceptors (Lipinski definition) is 3. The van der Waals surface area contributed by atoms with E-state index in [1.54, 1.807) is 32.4 Å². The highest BCUT2D eigenvalue weighted by Crippen LogP contribution is 2.32. The molecule has 0 saturated heterocycles. The number of hydrogen-bond donors (Lipinski definition) is 1. The molecule has 4 nitrogen and oxygen atoms in total. The maximum absolute atomic E-state index is 12.3. The van der Waals surface area contributed by atoms with Crippen LogP contribution < -0.4 is 14.8 Å². The monoisotopic (exact) mass is 311 g/mol. The second-order valence-corrected chi connectivity index (χ2v) is 5.69. The lowest BCUT2D eigenvalue weighted by molar-refractivity contribution is 0.0941. The van der Waals surface area contributed by atoms with Crippen LogP contribution in [0.25, 0.3) is 0 Å². The van der Waals surface area contributed by atoms with Crippen LogP contribution in [-0.4, -0.2) is 32.6 Å². The van der Waals surface area contributed by atoms with Crippen molar-refractivity contribution in [1.29, 1.82) is 0 Å². The smallest absolute Gasteiger partial charge is 0.255 e. The molecule has 0 aliphatic heterocycles. The zero-order valence-electron chi connectivity index (χ0n) is 12.5. The normalized spacial score (nSPS) is 21.1. The fraction of sp³-hybridized carbons (Fsp3) is 0.562. The summed E-state index contributed by atoms with van der Waals surface area (Å²) in [6.45, 7) is 0.672. The number of alkyl halides is 1. The van der Waals surface area contributed by atoms with Crippen LogP contribution in [0.15, 0.2) is 18.2 Å². The summed E-state index contributed by atoms with van der Waals surface area (Å²) in [5, 5.41) is 3.00. The van der Waals surface area contributed by atoms with E-state index in [1.807, 2.05) is 0 Å². The Morgan fingerprint density at radius 3 is 2.71 bits per heavy atom. The van der Waals surface area contributed by atoms with E-state index in [4.69, 9.17) is 21.1 Å². The number of nitrogens with one attached hydrogen (secondary N) is 1. The third-order valence-electron chi connectivity index (χ3n) is 4.19. The first-order valence-electron chi connectivity index (χ1n) is 7.25. The molecule has 1 amide bonds. The summed E-state index contributed by atoms with van der Waals surface area (Å²) in [6, 6.07) is 5.20. The molecule has 1 aromatic carbocycles. The molecule has 2 rings (SSSR count). The molecule has 116 valence electrons. The first-order valence-corrected chi connectivity index (χ1v) is 7.79. The molecule has 1 aliphatic rings. The largest absolute Gasteiger partial charge is 0.497 e. The molecule has 2 unspecified atom stereocenters. The van der Waals surface area contributed by atoms with Gasteiger partial charge in [0, 0.05) is 18.5 Å². The van der Waals surface area contributed by atoms with Crippen LogP contribution in [-0.2, 0) is 0 Å². The summed E-state index contributed by atoms with van der Waals surface area (Å²) in [5.41, 5.74) is 0.527. The minimum atomic E-state index is -0.116. The summed E-state index contributed by atoms with van der Waals surface area (Å²) < 4.78 is 10.4. The number of ether oxygens (including phenoxy) is 2. The third-order valence-corrected chi connectivity index (χ3v) is 4.59. The van der Waals surface area contributed by atoms with Gasteiger partial charge in [-0.3, -0.25) is 4.79 Å². The molecule has 0 aromatic heterocycles. The third kappa shape index (κ3) is 3.82. The van der Waals surface area contributed by atoms with E-state index in [2.05, 4.69) is 5.32 Å². The highest BCUT2D eigenvalue weighted by atomic mass is 35.5. The van der Waals surface area contributed by atoms with Crippen molar-refractivity contribution in [3.05, 3.63) is 23.8 Å². The van der Waals surface area contributed by atoms with Gasteiger partial charge in [-0.25, -0.2) is 0 Å². The number of halogens is 1. The molecule has 5 heteroatoms. The van der Waals surface area contributed by atoms with Gasteiger partial charge in [-0.1, -0.05) is 6.42 Å². The summed E-state index contributed by atoms with van der Waals surface area (Å²) in [5.74, 6) is 2.75. The van der Waals surface area contributed by atoms with Crippen molar-refractivity contribution < 1.29 is 14.3 Å². The average Bonchev–Trinajstić information content (AvgIpc) is 2.99. The van der Waals surface area contributed by atoms with Crippen LogP contribution >= 0.6 is 11.6 Å². The summed E-state index contributed by atoms with van der Waals surface area (Å²) >= 11 is 5.97. The van der Waals surface area contributed by atoms with E-state index in [0.29, 0.717) is 41.3 Å². The number of methoxy groups -OCH3 is 2. The molecular formula is C16H22ClNO3. The van der Waals surface area contributed by atoms with Gasteiger partial charge in [0.05, 0.1) is 19.8 Å². The van der Waals surface area contributed by atoms with Gasteiger partial charge in [-0.15, -0.1) is 11.6 Å². The maximum atomic E-state index is 12.3. The Kier molecular flexibility index (Phi) is 5.74.